The number of aliphatic hydroxyl groups excluding tert-OH is 1. The van der Waals surface area contributed by atoms with Crippen molar-refractivity contribution in [1.82, 2.24) is 9.80 Å². The molecule has 3 heterocycles. The van der Waals surface area contributed by atoms with Crippen molar-refractivity contribution in [2.24, 2.45) is 0 Å². The first-order valence-corrected chi connectivity index (χ1v) is 16.8. The fourth-order valence-electron chi connectivity index (χ4n) is 6.18. The van der Waals surface area contributed by atoms with E-state index in [0.29, 0.717) is 17.1 Å². The summed E-state index contributed by atoms with van der Waals surface area (Å²) >= 11 is 8.57. The summed E-state index contributed by atoms with van der Waals surface area (Å²) < 4.78 is 11.4. The minimum Gasteiger partial charge on any atom is -0.465 e. The fraction of sp³-hybridized carbons (Fsp3) is 0.263. The molecule has 6 rings (SSSR count). The van der Waals surface area contributed by atoms with Crippen LogP contribution in [0.4, 0.5) is 0 Å². The van der Waals surface area contributed by atoms with E-state index in [1.54, 1.807) is 23.6 Å². The van der Waals surface area contributed by atoms with Crippen molar-refractivity contribution < 1.29 is 24.2 Å². The van der Waals surface area contributed by atoms with Gasteiger partial charge in [-0.05, 0) is 72.0 Å². The molecule has 9 heteroatoms. The van der Waals surface area contributed by atoms with Gasteiger partial charge in [-0.2, -0.15) is 0 Å². The summed E-state index contributed by atoms with van der Waals surface area (Å²) in [5, 5.41) is 11.3. The van der Waals surface area contributed by atoms with E-state index in [0.717, 1.165) is 51.3 Å². The summed E-state index contributed by atoms with van der Waals surface area (Å²) in [4.78, 5) is 32.1. The molecule has 7 nitrogen and oxygen atoms in total. The zero-order valence-electron chi connectivity index (χ0n) is 26.4. The maximum absolute atomic E-state index is 13.4. The van der Waals surface area contributed by atoms with Crippen LogP contribution in [0, 0.1) is 0 Å². The topological polar surface area (TPSA) is 79.3 Å². The number of carbonyl (C=O) groups is 2. The third-order valence-corrected chi connectivity index (χ3v) is 10.4. The Morgan fingerprint density at radius 3 is 2.19 bits per heavy atom. The first kappa shape index (κ1) is 32.7. The highest BCUT2D eigenvalue weighted by Crippen LogP contribution is 2.40. The molecule has 1 N–H and O–H groups in total. The number of fused-ring (bicyclic) bond motifs is 1. The van der Waals surface area contributed by atoms with Gasteiger partial charge in [-0.3, -0.25) is 4.90 Å². The van der Waals surface area contributed by atoms with E-state index >= 15 is 0 Å². The number of hydrogen-bond acceptors (Lipinski definition) is 8. The van der Waals surface area contributed by atoms with Gasteiger partial charge in [0.15, 0.2) is 0 Å². The lowest BCUT2D eigenvalue weighted by Gasteiger charge is -2.32. The largest absolute Gasteiger partial charge is 0.465 e. The van der Waals surface area contributed by atoms with Crippen molar-refractivity contribution in [3.05, 3.63) is 134 Å². The molecule has 1 aromatic heterocycles. The van der Waals surface area contributed by atoms with Gasteiger partial charge in [-0.25, -0.2) is 9.59 Å². The van der Waals surface area contributed by atoms with E-state index in [1.807, 2.05) is 53.4 Å². The number of benzene rings is 3. The normalized spacial score (nSPS) is 17.1. The number of allylic oxidation sites excluding steroid dienone is 2. The van der Waals surface area contributed by atoms with Gasteiger partial charge in [0.25, 0.3) is 0 Å². The third kappa shape index (κ3) is 7.21. The Labute approximate surface area is 284 Å². The van der Waals surface area contributed by atoms with Crippen LogP contribution in [0.15, 0.2) is 102 Å². The maximum atomic E-state index is 13.4. The lowest BCUT2D eigenvalue weighted by Crippen LogP contribution is -2.27. The zero-order valence-corrected chi connectivity index (χ0v) is 28.0. The quantitative estimate of drug-likeness (QED) is 0.186. The predicted molar refractivity (Wildman–Crippen MR) is 187 cm³/mol. The van der Waals surface area contributed by atoms with Crippen LogP contribution in [-0.4, -0.2) is 54.2 Å². The van der Waals surface area contributed by atoms with Crippen molar-refractivity contribution in [2.45, 2.75) is 38.6 Å². The molecule has 1 atom stereocenters. The molecule has 1 fully saturated rings. The van der Waals surface area contributed by atoms with E-state index < -0.39 is 11.9 Å². The molecule has 0 aliphatic carbocycles. The van der Waals surface area contributed by atoms with E-state index in [-0.39, 0.29) is 23.8 Å². The van der Waals surface area contributed by atoms with Crippen LogP contribution in [0.25, 0.3) is 15.7 Å². The number of methoxy groups -OCH3 is 2. The molecule has 1 saturated heterocycles. The molecule has 0 radical (unpaired) electrons. The summed E-state index contributed by atoms with van der Waals surface area (Å²) in [6.07, 6.45) is 7.94. The first-order valence-electron chi connectivity index (χ1n) is 15.6. The zero-order chi connectivity index (χ0) is 32.9. The minimum absolute atomic E-state index is 0.0729. The number of aliphatic hydroxyl groups is 1. The van der Waals surface area contributed by atoms with Gasteiger partial charge >= 0.3 is 11.9 Å². The summed E-state index contributed by atoms with van der Waals surface area (Å²) in [6, 6.07) is 23.7. The Kier molecular flexibility index (Phi) is 10.2. The molecule has 242 valence electrons. The minimum atomic E-state index is -0.663. The van der Waals surface area contributed by atoms with Gasteiger partial charge in [-0.15, -0.1) is 11.3 Å². The molecule has 0 amide bonds. The number of halogens is 1. The fourth-order valence-corrected chi connectivity index (χ4v) is 7.68. The SMILES string of the molecule is COC(=O)C1=CC(c2ccc(CO)cc2)=CC(c2ccc(CN3CCCC3)cc2)N(Cc2sc3ccccc3c2Cl)C=C1C(=O)OC. The van der Waals surface area contributed by atoms with Crippen molar-refractivity contribution in [2.75, 3.05) is 27.3 Å². The van der Waals surface area contributed by atoms with Crippen molar-refractivity contribution in [1.29, 1.82) is 0 Å². The summed E-state index contributed by atoms with van der Waals surface area (Å²) in [7, 11) is 2.59. The molecular weight excluding hydrogens is 632 g/mol. The van der Waals surface area contributed by atoms with Crippen LogP contribution in [-0.2, 0) is 38.8 Å². The molecule has 47 heavy (non-hydrogen) atoms. The summed E-state index contributed by atoms with van der Waals surface area (Å²) in [6.45, 7) is 3.41. The van der Waals surface area contributed by atoms with Crippen LogP contribution in [0.2, 0.25) is 5.02 Å². The Balaban J connectivity index is 1.53. The third-order valence-electron chi connectivity index (χ3n) is 8.71. The second kappa shape index (κ2) is 14.7. The lowest BCUT2D eigenvalue weighted by atomic mass is 9.92. The second-order valence-corrected chi connectivity index (χ2v) is 13.3. The Morgan fingerprint density at radius 2 is 1.53 bits per heavy atom. The highest BCUT2D eigenvalue weighted by atomic mass is 35.5. The van der Waals surface area contributed by atoms with Crippen LogP contribution in [0.5, 0.6) is 0 Å². The first-order chi connectivity index (χ1) is 22.9. The number of hydrogen-bond donors (Lipinski definition) is 1. The molecule has 0 spiro atoms. The number of carbonyl (C=O) groups excluding carboxylic acids is 2. The monoisotopic (exact) mass is 668 g/mol. The standard InChI is InChI=1S/C38H37ClN2O5S/c1-45-37(43)31-19-29(27-13-11-26(24-42)12-14-27)20-33(28-15-9-25(10-16-28)21-40-17-5-6-18-40)41(22-32(31)38(44)46-2)23-35-36(39)30-7-3-4-8-34(30)47-35/h3-4,7-16,19-20,22,33,42H,5-6,17-18,21,23-24H2,1-2H3. The van der Waals surface area contributed by atoms with Crippen LogP contribution in [0.3, 0.4) is 0 Å². The summed E-state index contributed by atoms with van der Waals surface area (Å²) in [5.74, 6) is -1.32. The Hall–Kier alpha value is -4.21. The average Bonchev–Trinajstić information content (AvgIpc) is 3.73. The van der Waals surface area contributed by atoms with Crippen LogP contribution < -0.4 is 0 Å². The number of ether oxygens (including phenoxy) is 2. The van der Waals surface area contributed by atoms with Gasteiger partial charge in [0, 0.05) is 27.7 Å². The van der Waals surface area contributed by atoms with Gasteiger partial charge in [0.2, 0.25) is 0 Å². The molecule has 4 aromatic rings. The molecule has 1 unspecified atom stereocenters. The lowest BCUT2D eigenvalue weighted by molar-refractivity contribution is -0.139. The maximum Gasteiger partial charge on any atom is 0.340 e. The average molecular weight is 669 g/mol. The number of nitrogens with zero attached hydrogens (tertiary/aromatic N) is 2. The molecule has 3 aromatic carbocycles. The Bertz CT molecular complexity index is 1850. The Morgan fingerprint density at radius 1 is 0.872 bits per heavy atom. The van der Waals surface area contributed by atoms with Crippen LogP contribution >= 0.6 is 22.9 Å². The van der Waals surface area contributed by atoms with E-state index in [2.05, 4.69) is 35.2 Å². The molecular formula is C38H37ClN2O5S. The number of esters is 2. The molecule has 2 aliphatic heterocycles. The van der Waals surface area contributed by atoms with Crippen molar-refractivity contribution >= 4 is 50.5 Å². The second-order valence-electron chi connectivity index (χ2n) is 11.7. The number of likely N-dealkylation sites (tertiary alicyclic amines) is 1. The van der Waals surface area contributed by atoms with E-state index in [1.165, 1.54) is 32.6 Å². The van der Waals surface area contributed by atoms with Crippen molar-refractivity contribution in [3.8, 4) is 0 Å². The number of rotatable bonds is 9. The van der Waals surface area contributed by atoms with Crippen molar-refractivity contribution in [3.63, 3.8) is 0 Å². The smallest absolute Gasteiger partial charge is 0.340 e. The van der Waals surface area contributed by atoms with E-state index in [9.17, 15) is 14.7 Å². The molecule has 0 saturated carbocycles. The van der Waals surface area contributed by atoms with E-state index in [4.69, 9.17) is 21.1 Å². The number of thiophene rings is 1. The van der Waals surface area contributed by atoms with Gasteiger partial charge in [0.1, 0.15) is 0 Å². The summed E-state index contributed by atoms with van der Waals surface area (Å²) in [5.41, 5.74) is 4.68. The highest BCUT2D eigenvalue weighted by Gasteiger charge is 2.30. The molecule has 2 aliphatic rings. The van der Waals surface area contributed by atoms with Gasteiger partial charge in [0.05, 0.1) is 49.6 Å². The molecule has 0 bridgehead atoms. The predicted octanol–water partition coefficient (Wildman–Crippen LogP) is 7.44. The van der Waals surface area contributed by atoms with Crippen LogP contribution in [0.1, 0.15) is 46.0 Å². The van der Waals surface area contributed by atoms with Gasteiger partial charge < -0.3 is 19.5 Å². The highest BCUT2D eigenvalue weighted by molar-refractivity contribution is 7.19. The van der Waals surface area contributed by atoms with Gasteiger partial charge in [-0.1, -0.05) is 78.3 Å².